The first kappa shape index (κ1) is 6.03. The Morgan fingerprint density at radius 2 is 2.67 bits per heavy atom. The van der Waals surface area contributed by atoms with Gasteiger partial charge in [-0.1, -0.05) is 21.9 Å². The molecule has 0 fully saturated rings. The van der Waals surface area contributed by atoms with Crippen molar-refractivity contribution in [3.8, 4) is 0 Å². The summed E-state index contributed by atoms with van der Waals surface area (Å²) in [4.78, 5) is 3.49. The summed E-state index contributed by atoms with van der Waals surface area (Å²) in [5.74, 6) is 0.0687. The minimum atomic E-state index is -0.191. The van der Waals surface area contributed by atoms with Crippen LogP contribution in [0.15, 0.2) is 16.1 Å². The zero-order chi connectivity index (χ0) is 6.69. The third kappa shape index (κ3) is 1.17. The number of oxime groups is 1. The maximum absolute atomic E-state index is 8.04. The van der Waals surface area contributed by atoms with Gasteiger partial charge in [0.05, 0.1) is 0 Å². The van der Waals surface area contributed by atoms with Crippen LogP contribution in [0.25, 0.3) is 0 Å². The standard InChI is InChI=1S/C3H2ClN3O2/c4-2(6-8)3-5-1-9-7-3/h1,8H/b6-2-. The third-order valence-electron chi connectivity index (χ3n) is 0.634. The monoisotopic (exact) mass is 147 g/mol. The zero-order valence-corrected chi connectivity index (χ0v) is 4.91. The van der Waals surface area contributed by atoms with Gasteiger partial charge in [0.15, 0.2) is 0 Å². The Morgan fingerprint density at radius 3 is 3.11 bits per heavy atom. The summed E-state index contributed by atoms with van der Waals surface area (Å²) < 4.78 is 4.30. The van der Waals surface area contributed by atoms with E-state index in [1.165, 1.54) is 0 Å². The van der Waals surface area contributed by atoms with E-state index in [0.29, 0.717) is 0 Å². The van der Waals surface area contributed by atoms with Crippen LogP contribution in [0.3, 0.4) is 0 Å². The highest BCUT2D eigenvalue weighted by atomic mass is 35.5. The predicted octanol–water partition coefficient (Wildman–Crippen LogP) is 0.444. The van der Waals surface area contributed by atoms with Gasteiger partial charge in [-0.25, -0.2) is 0 Å². The molecule has 0 unspecified atom stereocenters. The topological polar surface area (TPSA) is 71.5 Å². The molecule has 0 saturated carbocycles. The summed E-state index contributed by atoms with van der Waals surface area (Å²) in [6.07, 6.45) is 1.09. The number of halogens is 1. The van der Waals surface area contributed by atoms with Crippen molar-refractivity contribution in [3.05, 3.63) is 12.2 Å². The molecule has 0 aliphatic heterocycles. The molecule has 0 aliphatic rings. The lowest BCUT2D eigenvalue weighted by atomic mass is 10.7. The molecule has 5 nitrogen and oxygen atoms in total. The SMILES string of the molecule is O/N=C(\Cl)c1ncon1. The first-order valence-corrected chi connectivity index (χ1v) is 2.36. The molecule has 0 saturated heterocycles. The molecule has 48 valence electrons. The van der Waals surface area contributed by atoms with Gasteiger partial charge < -0.3 is 9.73 Å². The van der Waals surface area contributed by atoms with Crippen molar-refractivity contribution in [3.63, 3.8) is 0 Å². The second kappa shape index (κ2) is 2.45. The maximum atomic E-state index is 8.04. The van der Waals surface area contributed by atoms with Gasteiger partial charge >= 0.3 is 0 Å². The molecule has 6 heteroatoms. The van der Waals surface area contributed by atoms with Crippen LogP contribution in [0.1, 0.15) is 5.82 Å². The number of rotatable bonds is 1. The van der Waals surface area contributed by atoms with Gasteiger partial charge in [-0.15, -0.1) is 0 Å². The van der Waals surface area contributed by atoms with Crippen LogP contribution < -0.4 is 0 Å². The fourth-order valence-corrected chi connectivity index (χ4v) is 0.390. The normalized spacial score (nSPS) is 11.9. The Bertz CT molecular complexity index is 207. The van der Waals surface area contributed by atoms with Crippen LogP contribution in [0.5, 0.6) is 0 Å². The van der Waals surface area contributed by atoms with E-state index in [2.05, 4.69) is 19.8 Å². The van der Waals surface area contributed by atoms with Gasteiger partial charge in [0.25, 0.3) is 0 Å². The Balaban J connectivity index is 2.90. The molecule has 0 atom stereocenters. The molecule has 0 aliphatic carbocycles. The summed E-state index contributed by atoms with van der Waals surface area (Å²) in [7, 11) is 0. The van der Waals surface area contributed by atoms with Crippen molar-refractivity contribution in [1.82, 2.24) is 10.1 Å². The first-order valence-electron chi connectivity index (χ1n) is 1.99. The van der Waals surface area contributed by atoms with Crippen molar-refractivity contribution in [1.29, 1.82) is 0 Å². The lowest BCUT2D eigenvalue weighted by Crippen LogP contribution is -1.92. The highest BCUT2D eigenvalue weighted by Crippen LogP contribution is 1.95. The molecule has 0 radical (unpaired) electrons. The quantitative estimate of drug-likeness (QED) is 0.356. The van der Waals surface area contributed by atoms with E-state index >= 15 is 0 Å². The van der Waals surface area contributed by atoms with Gasteiger partial charge in [0, 0.05) is 0 Å². The highest BCUT2D eigenvalue weighted by Gasteiger charge is 2.03. The van der Waals surface area contributed by atoms with E-state index in [4.69, 9.17) is 16.8 Å². The van der Waals surface area contributed by atoms with E-state index in [9.17, 15) is 0 Å². The van der Waals surface area contributed by atoms with E-state index in [1.54, 1.807) is 0 Å². The van der Waals surface area contributed by atoms with Crippen molar-refractivity contribution in [2.45, 2.75) is 0 Å². The zero-order valence-electron chi connectivity index (χ0n) is 4.15. The van der Waals surface area contributed by atoms with Gasteiger partial charge in [-0.3, -0.25) is 0 Å². The summed E-state index contributed by atoms with van der Waals surface area (Å²) in [6.45, 7) is 0. The Morgan fingerprint density at radius 1 is 1.89 bits per heavy atom. The van der Waals surface area contributed by atoms with E-state index in [0.717, 1.165) is 6.39 Å². The Hall–Kier alpha value is -1.10. The minimum Gasteiger partial charge on any atom is -0.410 e. The molecular formula is C3H2ClN3O2. The van der Waals surface area contributed by atoms with E-state index < -0.39 is 0 Å². The van der Waals surface area contributed by atoms with Crippen LogP contribution in [0, 0.1) is 0 Å². The predicted molar refractivity (Wildman–Crippen MR) is 28.5 cm³/mol. The first-order chi connectivity index (χ1) is 4.34. The fraction of sp³-hybridized carbons (Fsp3) is 0. The fourth-order valence-electron chi connectivity index (χ4n) is 0.306. The highest BCUT2D eigenvalue weighted by molar-refractivity contribution is 6.68. The van der Waals surface area contributed by atoms with E-state index in [-0.39, 0.29) is 11.0 Å². The molecule has 1 aromatic rings. The lowest BCUT2D eigenvalue weighted by Gasteiger charge is -1.79. The second-order valence-corrected chi connectivity index (χ2v) is 1.50. The maximum Gasteiger partial charge on any atom is 0.236 e. The average Bonchev–Trinajstić information content (AvgIpc) is 2.37. The molecule has 0 amide bonds. The van der Waals surface area contributed by atoms with Crippen molar-refractivity contribution in [2.75, 3.05) is 0 Å². The molecule has 0 bridgehead atoms. The van der Waals surface area contributed by atoms with Crippen LogP contribution in [0.4, 0.5) is 0 Å². The van der Waals surface area contributed by atoms with Crippen LogP contribution in [-0.2, 0) is 0 Å². The van der Waals surface area contributed by atoms with E-state index in [1.807, 2.05) is 0 Å². The van der Waals surface area contributed by atoms with Gasteiger partial charge in [0.2, 0.25) is 17.4 Å². The van der Waals surface area contributed by atoms with Crippen LogP contribution in [-0.4, -0.2) is 20.5 Å². The van der Waals surface area contributed by atoms with Gasteiger partial charge in [-0.05, 0) is 0 Å². The molecule has 1 aromatic heterocycles. The average molecular weight is 148 g/mol. The van der Waals surface area contributed by atoms with Crippen LogP contribution in [0.2, 0.25) is 0 Å². The smallest absolute Gasteiger partial charge is 0.236 e. The molecule has 1 heterocycles. The van der Waals surface area contributed by atoms with Gasteiger partial charge in [-0.2, -0.15) is 4.98 Å². The molecule has 9 heavy (non-hydrogen) atoms. The number of nitrogens with zero attached hydrogens (tertiary/aromatic N) is 3. The Kier molecular flexibility index (Phi) is 1.64. The van der Waals surface area contributed by atoms with Gasteiger partial charge in [0.1, 0.15) is 0 Å². The minimum absolute atomic E-state index is 0.0687. The molecule has 0 aromatic carbocycles. The van der Waals surface area contributed by atoms with Crippen molar-refractivity contribution >= 4 is 16.8 Å². The lowest BCUT2D eigenvalue weighted by molar-refractivity contribution is 0.320. The molecule has 1 rings (SSSR count). The second-order valence-electron chi connectivity index (χ2n) is 1.15. The summed E-state index contributed by atoms with van der Waals surface area (Å²) in [5, 5.41) is 13.8. The third-order valence-corrected chi connectivity index (χ3v) is 0.878. The Labute approximate surface area is 54.9 Å². The molecular weight excluding hydrogens is 146 g/mol. The van der Waals surface area contributed by atoms with Crippen molar-refractivity contribution in [2.24, 2.45) is 5.16 Å². The largest absolute Gasteiger partial charge is 0.410 e. The summed E-state index contributed by atoms with van der Waals surface area (Å²) in [5.41, 5.74) is 0. The van der Waals surface area contributed by atoms with Crippen LogP contribution >= 0.6 is 11.6 Å². The number of hydrogen-bond donors (Lipinski definition) is 1. The van der Waals surface area contributed by atoms with Crippen molar-refractivity contribution < 1.29 is 9.73 Å². The summed E-state index contributed by atoms with van der Waals surface area (Å²) in [6, 6.07) is 0. The summed E-state index contributed by atoms with van der Waals surface area (Å²) >= 11 is 5.25. The molecule has 1 N–H and O–H groups in total. The number of hydrogen-bond acceptors (Lipinski definition) is 5. The number of aromatic nitrogens is 2. The molecule has 0 spiro atoms.